The van der Waals surface area contributed by atoms with E-state index in [1.807, 2.05) is 6.07 Å². The van der Waals surface area contributed by atoms with E-state index in [0.717, 1.165) is 23.7 Å². The molecule has 0 unspecified atom stereocenters. The van der Waals surface area contributed by atoms with Gasteiger partial charge in [0.15, 0.2) is 0 Å². The zero-order valence-corrected chi connectivity index (χ0v) is 11.7. The quantitative estimate of drug-likeness (QED) is 0.869. The molecule has 0 spiro atoms. The summed E-state index contributed by atoms with van der Waals surface area (Å²) in [6.45, 7) is 4.02. The predicted octanol–water partition coefficient (Wildman–Crippen LogP) is 3.47. The Hall–Kier alpha value is -1.29. The Kier molecular flexibility index (Phi) is 4.07. The zero-order valence-electron chi connectivity index (χ0n) is 10.1. The summed E-state index contributed by atoms with van der Waals surface area (Å²) < 4.78 is 1.08. The fraction of sp³-hybridized carbons (Fsp3) is 0.357. The molecule has 4 heteroatoms. The fourth-order valence-corrected chi connectivity index (χ4v) is 2.90. The number of fused-ring (bicyclic) bond motifs is 1. The molecule has 96 valence electrons. The number of aryl methyl sites for hydroxylation is 1. The van der Waals surface area contributed by atoms with Crippen LogP contribution in [-0.2, 0) is 12.8 Å². The third-order valence-electron chi connectivity index (χ3n) is 3.38. The molecule has 0 aliphatic heterocycles. The normalized spacial score (nSPS) is 17.9. The number of amides is 1. The molecule has 3 nitrogen and oxygen atoms in total. The van der Waals surface area contributed by atoms with Gasteiger partial charge in [-0.25, -0.2) is 4.79 Å². The highest BCUT2D eigenvalue weighted by atomic mass is 79.9. The summed E-state index contributed by atoms with van der Waals surface area (Å²) in [5.41, 5.74) is 2.58. The molecule has 18 heavy (non-hydrogen) atoms. The van der Waals surface area contributed by atoms with Gasteiger partial charge in [-0.3, -0.25) is 0 Å². The smallest absolute Gasteiger partial charge is 0.407 e. The zero-order chi connectivity index (χ0) is 13.1. The van der Waals surface area contributed by atoms with E-state index in [1.54, 1.807) is 6.08 Å². The van der Waals surface area contributed by atoms with Crippen molar-refractivity contribution in [3.8, 4) is 0 Å². The van der Waals surface area contributed by atoms with Gasteiger partial charge in [-0.15, -0.1) is 6.58 Å². The molecule has 1 atom stereocenters. The van der Waals surface area contributed by atoms with Crippen molar-refractivity contribution in [1.82, 2.24) is 4.90 Å². The van der Waals surface area contributed by atoms with Crippen molar-refractivity contribution in [3.63, 3.8) is 0 Å². The molecule has 0 heterocycles. The van der Waals surface area contributed by atoms with E-state index in [-0.39, 0.29) is 6.04 Å². The van der Waals surface area contributed by atoms with Gasteiger partial charge < -0.3 is 10.0 Å². The number of nitrogens with zero attached hydrogens (tertiary/aromatic N) is 1. The van der Waals surface area contributed by atoms with Gasteiger partial charge in [0.05, 0.1) is 0 Å². The Morgan fingerprint density at radius 1 is 1.56 bits per heavy atom. The summed E-state index contributed by atoms with van der Waals surface area (Å²) in [5, 5.41) is 9.22. The fourth-order valence-electron chi connectivity index (χ4n) is 2.49. The average molecular weight is 310 g/mol. The minimum absolute atomic E-state index is 0.0641. The Labute approximate surface area is 115 Å². The van der Waals surface area contributed by atoms with Crippen LogP contribution in [0.4, 0.5) is 4.79 Å². The molecule has 1 aromatic carbocycles. The first-order valence-electron chi connectivity index (χ1n) is 5.99. The largest absolute Gasteiger partial charge is 0.465 e. The van der Waals surface area contributed by atoms with Crippen LogP contribution >= 0.6 is 15.9 Å². The lowest BCUT2D eigenvalue weighted by Gasteiger charge is -2.32. The number of hydrogen-bond donors (Lipinski definition) is 1. The molecule has 1 amide bonds. The van der Waals surface area contributed by atoms with Crippen molar-refractivity contribution in [1.29, 1.82) is 0 Å². The minimum atomic E-state index is -0.861. The van der Waals surface area contributed by atoms with Gasteiger partial charge in [0.1, 0.15) is 0 Å². The molecule has 2 rings (SSSR count). The summed E-state index contributed by atoms with van der Waals surface area (Å²) in [4.78, 5) is 12.7. The molecular formula is C14H16BrNO2. The van der Waals surface area contributed by atoms with Crippen molar-refractivity contribution in [2.24, 2.45) is 0 Å². The van der Waals surface area contributed by atoms with Gasteiger partial charge in [0.25, 0.3) is 0 Å². The van der Waals surface area contributed by atoms with E-state index in [0.29, 0.717) is 6.54 Å². The second-order valence-electron chi connectivity index (χ2n) is 4.53. The molecule has 1 aromatic rings. The van der Waals surface area contributed by atoms with E-state index < -0.39 is 6.09 Å². The molecule has 1 N–H and O–H groups in total. The molecule has 0 saturated carbocycles. The molecule has 1 aliphatic carbocycles. The van der Waals surface area contributed by atoms with Crippen molar-refractivity contribution in [2.45, 2.75) is 25.3 Å². The van der Waals surface area contributed by atoms with E-state index in [1.165, 1.54) is 16.0 Å². The van der Waals surface area contributed by atoms with Crippen molar-refractivity contribution in [3.05, 3.63) is 46.5 Å². The first-order valence-corrected chi connectivity index (χ1v) is 6.79. The number of carbonyl (C=O) groups is 1. The number of rotatable bonds is 3. The molecule has 0 radical (unpaired) electrons. The van der Waals surface area contributed by atoms with Crippen molar-refractivity contribution < 1.29 is 9.90 Å². The number of carboxylic acid groups (broad SMARTS) is 1. The topological polar surface area (TPSA) is 40.5 Å². The lowest BCUT2D eigenvalue weighted by Crippen LogP contribution is -2.42. The third kappa shape index (κ3) is 2.75. The summed E-state index contributed by atoms with van der Waals surface area (Å²) >= 11 is 3.46. The van der Waals surface area contributed by atoms with Crippen LogP contribution in [0.1, 0.15) is 17.5 Å². The van der Waals surface area contributed by atoms with Crippen LogP contribution in [0.25, 0.3) is 0 Å². The number of benzene rings is 1. The molecule has 0 fully saturated rings. The highest BCUT2D eigenvalue weighted by molar-refractivity contribution is 9.10. The Morgan fingerprint density at radius 3 is 3.00 bits per heavy atom. The maximum absolute atomic E-state index is 11.2. The highest BCUT2D eigenvalue weighted by Gasteiger charge is 2.26. The van der Waals surface area contributed by atoms with Crippen LogP contribution in [0.15, 0.2) is 35.3 Å². The monoisotopic (exact) mass is 309 g/mol. The van der Waals surface area contributed by atoms with Gasteiger partial charge >= 0.3 is 6.09 Å². The maximum Gasteiger partial charge on any atom is 0.407 e. The lowest BCUT2D eigenvalue weighted by atomic mass is 9.87. The Balaban J connectivity index is 2.17. The Morgan fingerprint density at radius 2 is 2.33 bits per heavy atom. The van der Waals surface area contributed by atoms with Crippen LogP contribution in [0.5, 0.6) is 0 Å². The van der Waals surface area contributed by atoms with Crippen LogP contribution in [0.3, 0.4) is 0 Å². The SMILES string of the molecule is C=CCN(C(=O)O)[C@H]1CCc2cc(Br)ccc2C1. The number of hydrogen-bond acceptors (Lipinski definition) is 1. The third-order valence-corrected chi connectivity index (χ3v) is 3.88. The summed E-state index contributed by atoms with van der Waals surface area (Å²) in [5.74, 6) is 0. The maximum atomic E-state index is 11.2. The highest BCUT2D eigenvalue weighted by Crippen LogP contribution is 2.27. The molecule has 0 saturated heterocycles. The van der Waals surface area contributed by atoms with Gasteiger partial charge in [-0.1, -0.05) is 28.1 Å². The van der Waals surface area contributed by atoms with Crippen molar-refractivity contribution in [2.75, 3.05) is 6.54 Å². The standard InChI is InChI=1S/C14H16BrNO2/c1-2-7-16(14(17)18)13-6-4-10-8-12(15)5-3-11(10)9-13/h2-3,5,8,13H,1,4,6-7,9H2,(H,17,18)/t13-/m0/s1. The first kappa shape index (κ1) is 13.1. The average Bonchev–Trinajstić information content (AvgIpc) is 2.35. The van der Waals surface area contributed by atoms with E-state index in [9.17, 15) is 9.90 Å². The van der Waals surface area contributed by atoms with Crippen LogP contribution in [0, 0.1) is 0 Å². The van der Waals surface area contributed by atoms with E-state index in [4.69, 9.17) is 0 Å². The molecule has 1 aliphatic rings. The Bertz CT molecular complexity index is 473. The molecular weight excluding hydrogens is 294 g/mol. The summed E-state index contributed by atoms with van der Waals surface area (Å²) in [6.07, 6.45) is 3.39. The van der Waals surface area contributed by atoms with Crippen LogP contribution < -0.4 is 0 Å². The van der Waals surface area contributed by atoms with Gasteiger partial charge in [-0.05, 0) is 42.5 Å². The molecule has 0 aromatic heterocycles. The second-order valence-corrected chi connectivity index (χ2v) is 5.45. The summed E-state index contributed by atoms with van der Waals surface area (Å²) in [7, 11) is 0. The first-order chi connectivity index (χ1) is 8.61. The van der Waals surface area contributed by atoms with E-state index >= 15 is 0 Å². The van der Waals surface area contributed by atoms with Crippen LogP contribution in [0.2, 0.25) is 0 Å². The van der Waals surface area contributed by atoms with Crippen molar-refractivity contribution >= 4 is 22.0 Å². The summed E-state index contributed by atoms with van der Waals surface area (Å²) in [6, 6.07) is 6.29. The minimum Gasteiger partial charge on any atom is -0.465 e. The van der Waals surface area contributed by atoms with Gasteiger partial charge in [0.2, 0.25) is 0 Å². The number of halogens is 1. The van der Waals surface area contributed by atoms with Crippen LogP contribution in [-0.4, -0.2) is 28.7 Å². The van der Waals surface area contributed by atoms with Gasteiger partial charge in [-0.2, -0.15) is 0 Å². The van der Waals surface area contributed by atoms with Gasteiger partial charge in [0, 0.05) is 17.1 Å². The predicted molar refractivity (Wildman–Crippen MR) is 74.9 cm³/mol. The molecule has 0 bridgehead atoms. The lowest BCUT2D eigenvalue weighted by molar-refractivity contribution is 0.126. The second kappa shape index (κ2) is 5.57. The van der Waals surface area contributed by atoms with E-state index in [2.05, 4.69) is 34.6 Å².